The van der Waals surface area contributed by atoms with Crippen LogP contribution in [0.15, 0.2) is 48.5 Å². The maximum Gasteiger partial charge on any atom is 0.440 e. The lowest BCUT2D eigenvalue weighted by Crippen LogP contribution is -2.23. The predicted octanol–water partition coefficient (Wildman–Crippen LogP) is 9.88. The summed E-state index contributed by atoms with van der Waals surface area (Å²) in [5, 5.41) is 0. The van der Waals surface area contributed by atoms with Gasteiger partial charge in [0.25, 0.3) is 0 Å². The molecule has 1 fully saturated rings. The summed E-state index contributed by atoms with van der Waals surface area (Å²) in [6, 6.07) is 15.9. The molecule has 2 aromatic carbocycles. The highest BCUT2D eigenvalue weighted by atomic mass is 32.7. The van der Waals surface area contributed by atoms with E-state index in [2.05, 4.69) is 24.3 Å². The van der Waals surface area contributed by atoms with Crippen LogP contribution < -0.4 is 9.05 Å². The standard InChI is InChI=1S/C27H40O6P2S2/c1-5-21-36-34(28,30-7-3)32-25-15-11-23(12-16-25)27(19-9-10-20-27)24-13-17-26(18-14-24)33-35(29,31-8-4)37-22-6-2/h11-18H,5-10,19-22H2,1-4H3. The van der Waals surface area contributed by atoms with Crippen LogP contribution >= 0.6 is 36.4 Å². The van der Waals surface area contributed by atoms with Crippen molar-refractivity contribution >= 4 is 36.4 Å². The lowest BCUT2D eigenvalue weighted by atomic mass is 9.73. The Morgan fingerprint density at radius 2 is 1.05 bits per heavy atom. The van der Waals surface area contributed by atoms with Crippen LogP contribution in [0, 0.1) is 0 Å². The highest BCUT2D eigenvalue weighted by Crippen LogP contribution is 2.61. The lowest BCUT2D eigenvalue weighted by Gasteiger charge is -2.31. The summed E-state index contributed by atoms with van der Waals surface area (Å²) in [5.41, 5.74) is 2.30. The molecule has 10 heteroatoms. The van der Waals surface area contributed by atoms with Crippen molar-refractivity contribution in [3.63, 3.8) is 0 Å². The Morgan fingerprint density at radius 3 is 1.38 bits per heavy atom. The molecule has 2 atom stereocenters. The van der Waals surface area contributed by atoms with Gasteiger partial charge in [-0.1, -0.05) is 51.0 Å². The van der Waals surface area contributed by atoms with Gasteiger partial charge in [-0.15, -0.1) is 0 Å². The van der Waals surface area contributed by atoms with Crippen LogP contribution in [0.3, 0.4) is 0 Å². The van der Waals surface area contributed by atoms with Gasteiger partial charge in [0.15, 0.2) is 0 Å². The summed E-state index contributed by atoms with van der Waals surface area (Å²) in [5.74, 6) is 2.54. The van der Waals surface area contributed by atoms with E-state index in [0.29, 0.717) is 24.7 Å². The van der Waals surface area contributed by atoms with Gasteiger partial charge in [0, 0.05) is 16.9 Å². The Balaban J connectivity index is 1.80. The highest BCUT2D eigenvalue weighted by molar-refractivity contribution is 8.55. The molecule has 206 valence electrons. The lowest BCUT2D eigenvalue weighted by molar-refractivity contribution is 0.295. The van der Waals surface area contributed by atoms with E-state index in [4.69, 9.17) is 18.1 Å². The van der Waals surface area contributed by atoms with Gasteiger partial charge in [-0.05, 0) is 97.7 Å². The minimum Gasteiger partial charge on any atom is -0.417 e. The van der Waals surface area contributed by atoms with Crippen molar-refractivity contribution in [1.82, 2.24) is 0 Å². The van der Waals surface area contributed by atoms with E-state index < -0.39 is 13.6 Å². The average Bonchev–Trinajstić information content (AvgIpc) is 3.39. The van der Waals surface area contributed by atoms with Gasteiger partial charge in [0.05, 0.1) is 13.2 Å². The van der Waals surface area contributed by atoms with Crippen molar-refractivity contribution in [3.8, 4) is 11.5 Å². The molecule has 0 aromatic heterocycles. The van der Waals surface area contributed by atoms with Crippen molar-refractivity contribution in [1.29, 1.82) is 0 Å². The van der Waals surface area contributed by atoms with Crippen molar-refractivity contribution in [3.05, 3.63) is 59.7 Å². The fraction of sp³-hybridized carbons (Fsp3) is 0.556. The molecule has 0 bridgehead atoms. The van der Waals surface area contributed by atoms with E-state index in [-0.39, 0.29) is 5.41 Å². The number of hydrogen-bond donors (Lipinski definition) is 0. The first-order chi connectivity index (χ1) is 17.8. The first-order valence-electron chi connectivity index (χ1n) is 13.2. The molecule has 1 aliphatic carbocycles. The van der Waals surface area contributed by atoms with Gasteiger partial charge < -0.3 is 9.05 Å². The van der Waals surface area contributed by atoms with Crippen LogP contribution in [0.5, 0.6) is 11.5 Å². The zero-order valence-electron chi connectivity index (χ0n) is 22.4. The normalized spacial score (nSPS) is 18.2. The van der Waals surface area contributed by atoms with Crippen LogP contribution in [0.2, 0.25) is 0 Å². The third-order valence-electron chi connectivity index (χ3n) is 6.19. The van der Waals surface area contributed by atoms with Gasteiger partial charge in [-0.2, -0.15) is 0 Å². The molecule has 6 nitrogen and oxygen atoms in total. The zero-order chi connectivity index (χ0) is 26.8. The Morgan fingerprint density at radius 1 is 0.676 bits per heavy atom. The van der Waals surface area contributed by atoms with E-state index in [0.717, 1.165) is 50.0 Å². The molecule has 0 radical (unpaired) electrons. The molecule has 1 saturated carbocycles. The predicted molar refractivity (Wildman–Crippen MR) is 157 cm³/mol. The molecule has 0 N–H and O–H groups in total. The molecule has 3 rings (SSSR count). The minimum atomic E-state index is -3.24. The van der Waals surface area contributed by atoms with Crippen LogP contribution in [0.4, 0.5) is 0 Å². The highest BCUT2D eigenvalue weighted by Gasteiger charge is 2.38. The second-order valence-electron chi connectivity index (χ2n) is 8.92. The molecular weight excluding hydrogens is 546 g/mol. The molecule has 0 spiro atoms. The molecule has 37 heavy (non-hydrogen) atoms. The second kappa shape index (κ2) is 14.5. The van der Waals surface area contributed by atoms with Crippen molar-refractivity contribution in [2.75, 3.05) is 24.7 Å². The summed E-state index contributed by atoms with van der Waals surface area (Å²) in [6.45, 7) is 1.93. The minimum absolute atomic E-state index is 0.113. The van der Waals surface area contributed by atoms with Crippen LogP contribution in [0.1, 0.15) is 77.3 Å². The van der Waals surface area contributed by atoms with Gasteiger partial charge in [0.1, 0.15) is 11.5 Å². The third-order valence-corrected chi connectivity index (χ3v) is 14.1. The van der Waals surface area contributed by atoms with E-state index in [1.54, 1.807) is 0 Å². The quantitative estimate of drug-likeness (QED) is 0.180. The Bertz CT molecular complexity index is 976. The first-order valence-corrected chi connectivity index (χ1v) is 19.5. The number of hydrogen-bond acceptors (Lipinski definition) is 8. The summed E-state index contributed by atoms with van der Waals surface area (Å²) in [4.78, 5) is 0. The third kappa shape index (κ3) is 8.30. The fourth-order valence-electron chi connectivity index (χ4n) is 4.55. The molecule has 0 amide bonds. The monoisotopic (exact) mass is 586 g/mol. The van der Waals surface area contributed by atoms with Gasteiger partial charge >= 0.3 is 13.6 Å². The number of rotatable bonds is 16. The van der Waals surface area contributed by atoms with Crippen LogP contribution in [0.25, 0.3) is 0 Å². The summed E-state index contributed by atoms with van der Waals surface area (Å²) in [6.07, 6.45) is 6.18. The average molecular weight is 587 g/mol. The van der Waals surface area contributed by atoms with E-state index >= 15 is 0 Å². The van der Waals surface area contributed by atoms with Gasteiger partial charge in [-0.25, -0.2) is 9.13 Å². The maximum absolute atomic E-state index is 13.1. The molecule has 0 aliphatic heterocycles. The van der Waals surface area contributed by atoms with E-state index in [9.17, 15) is 9.13 Å². The fourth-order valence-corrected chi connectivity index (χ4v) is 11.5. The summed E-state index contributed by atoms with van der Waals surface area (Å²) in [7, 11) is 0. The summed E-state index contributed by atoms with van der Waals surface area (Å²) < 4.78 is 48.8. The van der Waals surface area contributed by atoms with E-state index in [1.807, 2.05) is 52.0 Å². The van der Waals surface area contributed by atoms with Gasteiger partial charge in [0.2, 0.25) is 0 Å². The molecule has 1 aliphatic rings. The van der Waals surface area contributed by atoms with E-state index in [1.165, 1.54) is 33.9 Å². The SMILES string of the molecule is CCCSP(=O)(OCC)Oc1ccc(C2(c3ccc(OP(=O)(OCC)SCCC)cc3)CCCC2)cc1. The Labute approximate surface area is 230 Å². The molecule has 0 saturated heterocycles. The molecule has 2 unspecified atom stereocenters. The largest absolute Gasteiger partial charge is 0.440 e. The molecule has 2 aromatic rings. The topological polar surface area (TPSA) is 71.1 Å². The molecule has 0 heterocycles. The van der Waals surface area contributed by atoms with Crippen molar-refractivity contribution in [2.45, 2.75) is 71.6 Å². The molecular formula is C27H40O6P2S2. The van der Waals surface area contributed by atoms with Gasteiger partial charge in [-0.3, -0.25) is 9.05 Å². The van der Waals surface area contributed by atoms with Crippen molar-refractivity contribution in [2.24, 2.45) is 0 Å². The maximum atomic E-state index is 13.1. The summed E-state index contributed by atoms with van der Waals surface area (Å²) >= 11 is 2.50. The smallest absolute Gasteiger partial charge is 0.417 e. The van der Waals surface area contributed by atoms with Crippen LogP contribution in [-0.2, 0) is 23.6 Å². The Kier molecular flexibility index (Phi) is 12.0. The Hall–Kier alpha value is -0.880. The zero-order valence-corrected chi connectivity index (χ0v) is 25.8. The van der Waals surface area contributed by atoms with Crippen LogP contribution in [-0.4, -0.2) is 24.7 Å². The number of benzene rings is 2. The van der Waals surface area contributed by atoms with Crippen molar-refractivity contribution < 1.29 is 27.2 Å². The first kappa shape index (κ1) is 30.7. The second-order valence-corrected chi connectivity index (χ2v) is 17.2.